The lowest BCUT2D eigenvalue weighted by atomic mass is 9.86. The van der Waals surface area contributed by atoms with Crippen LogP contribution in [0, 0.1) is 0 Å². The standard InChI is InChI=1S/C47H34N2S/c1-47(2)41-30-36(26-27-38(41)45-39-18-10-12-20-44(39)50-46(45)47)48(33-13-5-3-6-14-33)35-24-21-31(22-25-35)32-23-28-43-40(29-32)37-17-9-11-19-42(37)49(43)34-15-7-4-8-16-34/h3-30H,1-2H3. The molecule has 238 valence electrons. The highest BCUT2D eigenvalue weighted by Crippen LogP contribution is 2.56. The zero-order valence-electron chi connectivity index (χ0n) is 28.0. The molecule has 0 N–H and O–H groups in total. The molecule has 9 aromatic rings. The number of benzene rings is 7. The Morgan fingerprint density at radius 1 is 0.500 bits per heavy atom. The molecular formula is C47H34N2S. The molecule has 0 spiro atoms. The molecule has 1 aliphatic rings. The number of fused-ring (bicyclic) bond motifs is 8. The third kappa shape index (κ3) is 4.33. The van der Waals surface area contributed by atoms with Gasteiger partial charge in [-0.25, -0.2) is 0 Å². The van der Waals surface area contributed by atoms with E-state index in [-0.39, 0.29) is 5.41 Å². The molecule has 0 radical (unpaired) electrons. The number of hydrogen-bond donors (Lipinski definition) is 0. The zero-order chi connectivity index (χ0) is 33.4. The van der Waals surface area contributed by atoms with Gasteiger partial charge in [-0.3, -0.25) is 0 Å². The summed E-state index contributed by atoms with van der Waals surface area (Å²) in [6.45, 7) is 4.76. The first kappa shape index (κ1) is 29.1. The van der Waals surface area contributed by atoms with E-state index in [1.54, 1.807) is 0 Å². The molecule has 0 amide bonds. The third-order valence-corrected chi connectivity index (χ3v) is 12.0. The van der Waals surface area contributed by atoms with Gasteiger partial charge in [0.2, 0.25) is 0 Å². The average molecular weight is 659 g/mol. The summed E-state index contributed by atoms with van der Waals surface area (Å²) < 4.78 is 3.74. The lowest BCUT2D eigenvalue weighted by Gasteiger charge is -2.28. The quantitative estimate of drug-likeness (QED) is 0.179. The van der Waals surface area contributed by atoms with Crippen LogP contribution >= 0.6 is 11.3 Å². The maximum absolute atomic E-state index is 2.42. The molecule has 2 heterocycles. The Labute approximate surface area is 296 Å². The van der Waals surface area contributed by atoms with Crippen LogP contribution in [0.15, 0.2) is 170 Å². The summed E-state index contributed by atoms with van der Waals surface area (Å²) in [6, 6.07) is 62.0. The van der Waals surface area contributed by atoms with Crippen molar-refractivity contribution in [2.24, 2.45) is 0 Å². The van der Waals surface area contributed by atoms with Crippen LogP contribution in [0.2, 0.25) is 0 Å². The van der Waals surface area contributed by atoms with Gasteiger partial charge in [-0.1, -0.05) is 111 Å². The van der Waals surface area contributed by atoms with E-state index < -0.39 is 0 Å². The van der Waals surface area contributed by atoms with Crippen LogP contribution < -0.4 is 4.90 Å². The SMILES string of the molecule is CC1(C)c2cc(N(c3ccccc3)c3ccc(-c4ccc5c(c4)c4ccccc4n5-c4ccccc4)cc3)ccc2-c2c1sc1ccccc21. The molecule has 0 saturated heterocycles. The molecule has 50 heavy (non-hydrogen) atoms. The van der Waals surface area contributed by atoms with Crippen LogP contribution in [0.4, 0.5) is 17.1 Å². The first-order chi connectivity index (χ1) is 24.6. The number of rotatable bonds is 5. The van der Waals surface area contributed by atoms with Crippen LogP contribution in [0.5, 0.6) is 0 Å². The second-order valence-electron chi connectivity index (χ2n) is 13.8. The van der Waals surface area contributed by atoms with Crippen molar-refractivity contribution in [3.05, 3.63) is 180 Å². The van der Waals surface area contributed by atoms with E-state index in [1.807, 2.05) is 11.3 Å². The molecule has 7 aromatic carbocycles. The van der Waals surface area contributed by atoms with Crippen molar-refractivity contribution < 1.29 is 0 Å². The minimum Gasteiger partial charge on any atom is -0.310 e. The van der Waals surface area contributed by atoms with E-state index >= 15 is 0 Å². The van der Waals surface area contributed by atoms with Gasteiger partial charge < -0.3 is 9.47 Å². The summed E-state index contributed by atoms with van der Waals surface area (Å²) in [4.78, 5) is 3.85. The minimum atomic E-state index is -0.0706. The van der Waals surface area contributed by atoms with E-state index in [9.17, 15) is 0 Å². The van der Waals surface area contributed by atoms with Gasteiger partial charge in [0, 0.05) is 59.5 Å². The molecule has 0 saturated carbocycles. The molecule has 2 nitrogen and oxygen atoms in total. The first-order valence-electron chi connectivity index (χ1n) is 17.3. The third-order valence-electron chi connectivity index (χ3n) is 10.5. The van der Waals surface area contributed by atoms with Gasteiger partial charge in [0.25, 0.3) is 0 Å². The highest BCUT2D eigenvalue weighted by Gasteiger charge is 2.39. The summed E-state index contributed by atoms with van der Waals surface area (Å²) in [5.74, 6) is 0. The van der Waals surface area contributed by atoms with Crippen LogP contribution in [-0.4, -0.2) is 4.57 Å². The van der Waals surface area contributed by atoms with Crippen LogP contribution in [0.1, 0.15) is 24.3 Å². The number of hydrogen-bond acceptors (Lipinski definition) is 2. The Balaban J connectivity index is 1.06. The van der Waals surface area contributed by atoms with Gasteiger partial charge in [-0.15, -0.1) is 11.3 Å². The van der Waals surface area contributed by atoms with Crippen molar-refractivity contribution in [2.45, 2.75) is 19.3 Å². The summed E-state index contributed by atoms with van der Waals surface area (Å²) in [6.07, 6.45) is 0. The number of anilines is 3. The lowest BCUT2D eigenvalue weighted by molar-refractivity contribution is 0.674. The molecular weight excluding hydrogens is 625 g/mol. The Morgan fingerprint density at radius 2 is 1.12 bits per heavy atom. The molecule has 1 aliphatic carbocycles. The van der Waals surface area contributed by atoms with Gasteiger partial charge in [0.1, 0.15) is 0 Å². The van der Waals surface area contributed by atoms with Gasteiger partial charge >= 0.3 is 0 Å². The topological polar surface area (TPSA) is 8.17 Å². The smallest absolute Gasteiger partial charge is 0.0541 e. The predicted molar refractivity (Wildman–Crippen MR) is 214 cm³/mol. The molecule has 0 unspecified atom stereocenters. The van der Waals surface area contributed by atoms with Gasteiger partial charge in [0.05, 0.1) is 11.0 Å². The number of aromatic nitrogens is 1. The normalized spacial score (nSPS) is 13.2. The van der Waals surface area contributed by atoms with E-state index in [1.165, 1.54) is 76.0 Å². The Kier molecular flexibility index (Phi) is 6.43. The highest BCUT2D eigenvalue weighted by atomic mass is 32.1. The Bertz CT molecular complexity index is 2720. The summed E-state index contributed by atoms with van der Waals surface area (Å²) in [5.41, 5.74) is 13.6. The zero-order valence-corrected chi connectivity index (χ0v) is 28.8. The van der Waals surface area contributed by atoms with Crippen molar-refractivity contribution in [1.82, 2.24) is 4.57 Å². The number of para-hydroxylation sites is 3. The molecule has 0 fully saturated rings. The van der Waals surface area contributed by atoms with Gasteiger partial charge in [-0.2, -0.15) is 0 Å². The second kappa shape index (κ2) is 11.1. The number of thiophene rings is 1. The maximum Gasteiger partial charge on any atom is 0.0541 e. The Morgan fingerprint density at radius 3 is 1.92 bits per heavy atom. The van der Waals surface area contributed by atoms with E-state index in [2.05, 4.69) is 193 Å². The molecule has 3 heteroatoms. The van der Waals surface area contributed by atoms with E-state index in [0.29, 0.717) is 0 Å². The first-order valence-corrected chi connectivity index (χ1v) is 18.1. The van der Waals surface area contributed by atoms with Crippen LogP contribution in [0.3, 0.4) is 0 Å². The predicted octanol–water partition coefficient (Wildman–Crippen LogP) is 13.4. The maximum atomic E-state index is 2.42. The number of nitrogens with zero attached hydrogens (tertiary/aromatic N) is 2. The summed E-state index contributed by atoms with van der Waals surface area (Å²) >= 11 is 1.94. The van der Waals surface area contributed by atoms with Crippen LogP contribution in [0.25, 0.3) is 59.8 Å². The summed E-state index contributed by atoms with van der Waals surface area (Å²) in [5, 5.41) is 3.89. The van der Waals surface area contributed by atoms with E-state index in [0.717, 1.165) is 11.4 Å². The van der Waals surface area contributed by atoms with Crippen molar-refractivity contribution in [3.63, 3.8) is 0 Å². The van der Waals surface area contributed by atoms with Crippen molar-refractivity contribution in [3.8, 4) is 27.9 Å². The average Bonchev–Trinajstić information content (AvgIpc) is 3.79. The fourth-order valence-corrected chi connectivity index (χ4v) is 9.45. The van der Waals surface area contributed by atoms with Crippen molar-refractivity contribution in [1.29, 1.82) is 0 Å². The monoisotopic (exact) mass is 658 g/mol. The highest BCUT2D eigenvalue weighted by molar-refractivity contribution is 7.20. The van der Waals surface area contributed by atoms with Gasteiger partial charge in [-0.05, 0) is 95.1 Å². The Hall–Kier alpha value is -5.90. The van der Waals surface area contributed by atoms with Crippen LogP contribution in [-0.2, 0) is 5.41 Å². The summed E-state index contributed by atoms with van der Waals surface area (Å²) in [7, 11) is 0. The molecule has 0 bridgehead atoms. The second-order valence-corrected chi connectivity index (χ2v) is 14.8. The lowest BCUT2D eigenvalue weighted by Crippen LogP contribution is -2.15. The molecule has 0 aliphatic heterocycles. The van der Waals surface area contributed by atoms with E-state index in [4.69, 9.17) is 0 Å². The largest absolute Gasteiger partial charge is 0.310 e. The van der Waals surface area contributed by atoms with Gasteiger partial charge in [0.15, 0.2) is 0 Å². The van der Waals surface area contributed by atoms with Crippen molar-refractivity contribution >= 4 is 60.3 Å². The minimum absolute atomic E-state index is 0.0706. The van der Waals surface area contributed by atoms with Crippen molar-refractivity contribution in [2.75, 3.05) is 4.90 Å². The fourth-order valence-electron chi connectivity index (χ4n) is 8.12. The molecule has 10 rings (SSSR count). The molecule has 0 atom stereocenters. The fraction of sp³-hybridized carbons (Fsp3) is 0.0638. The molecule has 2 aromatic heterocycles.